The lowest BCUT2D eigenvalue weighted by atomic mass is 10.1. The molecule has 0 saturated heterocycles. The molecule has 2 N–H and O–H groups in total. The molecule has 0 fully saturated rings. The number of Topliss-reactive ketones (excluding diaryl/α,β-unsaturated/α-hetero) is 1. The number of anilines is 1. The predicted molar refractivity (Wildman–Crippen MR) is 76.6 cm³/mol. The van der Waals surface area contributed by atoms with Crippen LogP contribution in [0.3, 0.4) is 0 Å². The average molecular weight is 277 g/mol. The van der Waals surface area contributed by atoms with Gasteiger partial charge in [-0.05, 0) is 45.3 Å². The SMILES string of the molecule is CC(=O)c1ccc(NC(=O)C(=O)NCCN(C)C)cc1. The molecule has 6 heteroatoms. The molecule has 0 bridgehead atoms. The summed E-state index contributed by atoms with van der Waals surface area (Å²) in [5, 5.41) is 4.99. The predicted octanol–water partition coefficient (Wildman–Crippen LogP) is 0.506. The lowest BCUT2D eigenvalue weighted by Gasteiger charge is -2.10. The van der Waals surface area contributed by atoms with Crippen molar-refractivity contribution in [3.05, 3.63) is 29.8 Å². The topological polar surface area (TPSA) is 78.5 Å². The molecule has 0 aromatic heterocycles. The number of amides is 2. The second-order valence-electron chi connectivity index (χ2n) is 4.65. The zero-order valence-corrected chi connectivity index (χ0v) is 11.9. The third-order valence-electron chi connectivity index (χ3n) is 2.60. The molecule has 1 aromatic carbocycles. The molecule has 0 aliphatic rings. The minimum absolute atomic E-state index is 0.0516. The van der Waals surface area contributed by atoms with Crippen LogP contribution in [-0.2, 0) is 9.59 Å². The first-order valence-corrected chi connectivity index (χ1v) is 6.25. The van der Waals surface area contributed by atoms with Gasteiger partial charge >= 0.3 is 11.8 Å². The molecule has 0 radical (unpaired) electrons. The van der Waals surface area contributed by atoms with Gasteiger partial charge in [-0.1, -0.05) is 0 Å². The number of carbonyl (C=O) groups is 3. The summed E-state index contributed by atoms with van der Waals surface area (Å²) < 4.78 is 0. The van der Waals surface area contributed by atoms with Crippen molar-refractivity contribution in [2.75, 3.05) is 32.5 Å². The maximum atomic E-state index is 11.6. The third kappa shape index (κ3) is 5.19. The highest BCUT2D eigenvalue weighted by Crippen LogP contribution is 2.09. The minimum atomic E-state index is -0.723. The van der Waals surface area contributed by atoms with Gasteiger partial charge < -0.3 is 15.5 Å². The fourth-order valence-corrected chi connectivity index (χ4v) is 1.45. The fourth-order valence-electron chi connectivity index (χ4n) is 1.45. The molecule has 2 amide bonds. The molecule has 0 saturated carbocycles. The van der Waals surface area contributed by atoms with Gasteiger partial charge in [-0.25, -0.2) is 0 Å². The first kappa shape index (κ1) is 15.8. The Morgan fingerprint density at radius 3 is 2.15 bits per heavy atom. The Hall–Kier alpha value is -2.21. The zero-order valence-electron chi connectivity index (χ0n) is 11.9. The Morgan fingerprint density at radius 2 is 1.65 bits per heavy atom. The molecule has 0 unspecified atom stereocenters. The maximum absolute atomic E-state index is 11.6. The number of hydrogen-bond acceptors (Lipinski definition) is 4. The quantitative estimate of drug-likeness (QED) is 0.607. The monoisotopic (exact) mass is 277 g/mol. The molecule has 0 atom stereocenters. The number of hydrogen-bond donors (Lipinski definition) is 2. The van der Waals surface area contributed by atoms with Crippen LogP contribution >= 0.6 is 0 Å². The van der Waals surface area contributed by atoms with Gasteiger partial charge in [0.25, 0.3) is 0 Å². The number of benzene rings is 1. The molecule has 108 valence electrons. The summed E-state index contributed by atoms with van der Waals surface area (Å²) in [6.07, 6.45) is 0. The van der Waals surface area contributed by atoms with Crippen LogP contribution in [0.4, 0.5) is 5.69 Å². The van der Waals surface area contributed by atoms with Crippen LogP contribution in [0.25, 0.3) is 0 Å². The Bertz CT molecular complexity index is 495. The first-order chi connectivity index (χ1) is 9.40. The van der Waals surface area contributed by atoms with Crippen molar-refractivity contribution in [3.8, 4) is 0 Å². The number of nitrogens with one attached hydrogen (secondary N) is 2. The smallest absolute Gasteiger partial charge is 0.313 e. The molecule has 6 nitrogen and oxygen atoms in total. The number of carbonyl (C=O) groups excluding carboxylic acids is 3. The van der Waals surface area contributed by atoms with E-state index in [1.54, 1.807) is 24.3 Å². The van der Waals surface area contributed by atoms with Gasteiger partial charge in [0.2, 0.25) is 0 Å². The maximum Gasteiger partial charge on any atom is 0.313 e. The third-order valence-corrected chi connectivity index (χ3v) is 2.60. The van der Waals surface area contributed by atoms with E-state index in [9.17, 15) is 14.4 Å². The van der Waals surface area contributed by atoms with E-state index in [4.69, 9.17) is 0 Å². The van der Waals surface area contributed by atoms with Gasteiger partial charge in [-0.15, -0.1) is 0 Å². The van der Waals surface area contributed by atoms with Crippen LogP contribution in [0, 0.1) is 0 Å². The molecular weight excluding hydrogens is 258 g/mol. The van der Waals surface area contributed by atoms with Crippen molar-refractivity contribution in [1.29, 1.82) is 0 Å². The number of likely N-dealkylation sites (N-methyl/N-ethyl adjacent to an activating group) is 1. The molecule has 1 rings (SSSR count). The number of nitrogens with zero attached hydrogens (tertiary/aromatic N) is 1. The lowest BCUT2D eigenvalue weighted by molar-refractivity contribution is -0.136. The fraction of sp³-hybridized carbons (Fsp3) is 0.357. The Morgan fingerprint density at radius 1 is 1.05 bits per heavy atom. The van der Waals surface area contributed by atoms with Crippen LogP contribution in [-0.4, -0.2) is 49.7 Å². The number of ketones is 1. The normalized spacial score (nSPS) is 10.2. The summed E-state index contributed by atoms with van der Waals surface area (Å²) in [6, 6.07) is 6.37. The summed E-state index contributed by atoms with van der Waals surface area (Å²) >= 11 is 0. The van der Waals surface area contributed by atoms with Crippen LogP contribution in [0.1, 0.15) is 17.3 Å². The highest BCUT2D eigenvalue weighted by atomic mass is 16.2. The summed E-state index contributed by atoms with van der Waals surface area (Å²) in [4.78, 5) is 36.1. The van der Waals surface area contributed by atoms with E-state index in [-0.39, 0.29) is 5.78 Å². The van der Waals surface area contributed by atoms with Crippen LogP contribution in [0.5, 0.6) is 0 Å². The van der Waals surface area contributed by atoms with E-state index in [2.05, 4.69) is 10.6 Å². The van der Waals surface area contributed by atoms with Crippen molar-refractivity contribution >= 4 is 23.3 Å². The highest BCUT2D eigenvalue weighted by molar-refractivity contribution is 6.39. The van der Waals surface area contributed by atoms with Crippen LogP contribution in [0.2, 0.25) is 0 Å². The van der Waals surface area contributed by atoms with Crippen LogP contribution in [0.15, 0.2) is 24.3 Å². The van der Waals surface area contributed by atoms with Crippen molar-refractivity contribution in [2.45, 2.75) is 6.92 Å². The van der Waals surface area contributed by atoms with E-state index >= 15 is 0 Å². The summed E-state index contributed by atoms with van der Waals surface area (Å²) in [6.45, 7) is 2.53. The van der Waals surface area contributed by atoms with Gasteiger partial charge in [-0.3, -0.25) is 14.4 Å². The Kier molecular flexibility index (Phi) is 5.86. The van der Waals surface area contributed by atoms with E-state index in [1.807, 2.05) is 19.0 Å². The van der Waals surface area contributed by atoms with E-state index < -0.39 is 11.8 Å². The average Bonchev–Trinajstić information content (AvgIpc) is 2.38. The molecule has 0 heterocycles. The first-order valence-electron chi connectivity index (χ1n) is 6.25. The largest absolute Gasteiger partial charge is 0.347 e. The second kappa shape index (κ2) is 7.40. The van der Waals surface area contributed by atoms with Gasteiger partial charge in [0, 0.05) is 24.3 Å². The van der Waals surface area contributed by atoms with Crippen molar-refractivity contribution in [3.63, 3.8) is 0 Å². The summed E-state index contributed by atoms with van der Waals surface area (Å²) in [5.74, 6) is -1.45. The Balaban J connectivity index is 2.49. The summed E-state index contributed by atoms with van der Waals surface area (Å²) in [5.41, 5.74) is 1.03. The molecule has 0 aliphatic carbocycles. The van der Waals surface area contributed by atoms with Crippen LogP contribution < -0.4 is 10.6 Å². The standard InChI is InChI=1S/C14H19N3O3/c1-10(18)11-4-6-12(7-5-11)16-14(20)13(19)15-8-9-17(2)3/h4-7H,8-9H2,1-3H3,(H,15,19)(H,16,20). The molecule has 20 heavy (non-hydrogen) atoms. The lowest BCUT2D eigenvalue weighted by Crippen LogP contribution is -2.38. The van der Waals surface area contributed by atoms with Gasteiger partial charge in [0.05, 0.1) is 0 Å². The molecule has 0 spiro atoms. The molecule has 1 aromatic rings. The van der Waals surface area contributed by atoms with Gasteiger partial charge in [-0.2, -0.15) is 0 Å². The van der Waals surface area contributed by atoms with E-state index in [0.29, 0.717) is 24.3 Å². The van der Waals surface area contributed by atoms with Gasteiger partial charge in [0.15, 0.2) is 5.78 Å². The molecule has 0 aliphatic heterocycles. The van der Waals surface area contributed by atoms with Crippen molar-refractivity contribution in [2.24, 2.45) is 0 Å². The minimum Gasteiger partial charge on any atom is -0.347 e. The van der Waals surface area contributed by atoms with Crippen molar-refractivity contribution < 1.29 is 14.4 Å². The highest BCUT2D eigenvalue weighted by Gasteiger charge is 2.13. The Labute approximate surface area is 118 Å². The molecular formula is C14H19N3O3. The van der Waals surface area contributed by atoms with Crippen molar-refractivity contribution in [1.82, 2.24) is 10.2 Å². The zero-order chi connectivity index (χ0) is 15.1. The van der Waals surface area contributed by atoms with Gasteiger partial charge in [0.1, 0.15) is 0 Å². The number of rotatable bonds is 5. The van der Waals surface area contributed by atoms with E-state index in [0.717, 1.165) is 0 Å². The van der Waals surface area contributed by atoms with E-state index in [1.165, 1.54) is 6.92 Å². The summed E-state index contributed by atoms with van der Waals surface area (Å²) in [7, 11) is 3.76. The second-order valence-corrected chi connectivity index (χ2v) is 4.65.